The van der Waals surface area contributed by atoms with Crippen molar-refractivity contribution in [3.63, 3.8) is 0 Å². The van der Waals surface area contributed by atoms with E-state index in [0.29, 0.717) is 51.9 Å². The van der Waals surface area contributed by atoms with Crippen LogP contribution in [0.1, 0.15) is 55.6 Å². The van der Waals surface area contributed by atoms with E-state index in [0.717, 1.165) is 35.2 Å². The Morgan fingerprint density at radius 2 is 1.52 bits per heavy atom. The topological polar surface area (TPSA) is 224 Å². The van der Waals surface area contributed by atoms with Crippen LogP contribution in [-0.4, -0.2) is 89.4 Å². The molecule has 2 N–H and O–H groups in total. The number of benzene rings is 3. The maximum Gasteiger partial charge on any atom is 0.431 e. The number of aromatic nitrogens is 2. The molecule has 0 spiro atoms. The first-order valence-electron chi connectivity index (χ1n) is 20.4. The number of alkyl halides is 3. The number of imide groups is 1. The van der Waals surface area contributed by atoms with Gasteiger partial charge in [-0.1, -0.05) is 40.7 Å². The number of nitrogens with one attached hydrogen (secondary N) is 1. The summed E-state index contributed by atoms with van der Waals surface area (Å²) in [6, 6.07) is 7.61. The molecule has 0 radical (unpaired) electrons. The van der Waals surface area contributed by atoms with Crippen molar-refractivity contribution in [1.82, 2.24) is 18.2 Å². The number of nitrogens with zero attached hydrogens (tertiary/aromatic N) is 5. The van der Waals surface area contributed by atoms with Crippen molar-refractivity contribution in [3.05, 3.63) is 118 Å². The van der Waals surface area contributed by atoms with Gasteiger partial charge in [0.25, 0.3) is 29.2 Å². The van der Waals surface area contributed by atoms with Gasteiger partial charge >= 0.3 is 28.0 Å². The van der Waals surface area contributed by atoms with Crippen LogP contribution in [0.2, 0.25) is 15.1 Å². The van der Waals surface area contributed by atoms with Crippen LogP contribution in [0.4, 0.5) is 33.3 Å². The summed E-state index contributed by atoms with van der Waals surface area (Å²) in [5.74, 6) is -2.96. The molecule has 2 aliphatic heterocycles. The smallest absolute Gasteiger partial charge is 0.431 e. The second-order valence-corrected chi connectivity index (χ2v) is 18.5. The van der Waals surface area contributed by atoms with Crippen LogP contribution in [0.5, 0.6) is 11.5 Å². The molecule has 0 bridgehead atoms. The molecule has 1 aliphatic carbocycles. The molecule has 378 valence electrons. The molecule has 4 aromatic rings. The average Bonchev–Trinajstić information content (AvgIpc) is 3.53. The van der Waals surface area contributed by atoms with Gasteiger partial charge in [0.15, 0.2) is 19.0 Å². The molecule has 4 amide bonds. The van der Waals surface area contributed by atoms with Gasteiger partial charge in [-0.05, 0) is 75.9 Å². The Labute approximate surface area is 414 Å². The summed E-state index contributed by atoms with van der Waals surface area (Å²) in [7, 11) is -2.43. The third-order valence-corrected chi connectivity index (χ3v) is 13.0. The summed E-state index contributed by atoms with van der Waals surface area (Å²) >= 11 is 17.2. The largest absolute Gasteiger partial charge is 0.481 e. The van der Waals surface area contributed by atoms with Gasteiger partial charge in [0.1, 0.15) is 23.0 Å². The van der Waals surface area contributed by atoms with Crippen molar-refractivity contribution in [2.24, 2.45) is 7.05 Å². The highest BCUT2D eigenvalue weighted by atomic mass is 35.5. The minimum Gasteiger partial charge on any atom is -0.481 e. The molecular weight excluding hydrogens is 1040 g/mol. The highest BCUT2D eigenvalue weighted by Crippen LogP contribution is 2.42. The zero-order valence-electron chi connectivity index (χ0n) is 37.3. The molecule has 1 aromatic heterocycles. The number of carboxylic acids is 1. The van der Waals surface area contributed by atoms with Gasteiger partial charge in [-0.25, -0.2) is 32.6 Å². The number of ether oxygens (including phenoxy) is 2. The lowest BCUT2D eigenvalue weighted by molar-refractivity contribution is -0.144. The predicted molar refractivity (Wildman–Crippen MR) is 247 cm³/mol. The van der Waals surface area contributed by atoms with E-state index in [1.165, 1.54) is 44.0 Å². The van der Waals surface area contributed by atoms with E-state index in [1.54, 1.807) is 10.8 Å². The van der Waals surface area contributed by atoms with Gasteiger partial charge in [-0.3, -0.25) is 33.4 Å². The van der Waals surface area contributed by atoms with Gasteiger partial charge < -0.3 is 14.6 Å². The first-order chi connectivity index (χ1) is 33.1. The Balaban J connectivity index is 0.000000214. The number of carboxylic acid groups (broad SMARTS) is 1. The zero-order chi connectivity index (χ0) is 53.0. The molecule has 18 nitrogen and oxygen atoms in total. The number of carbonyl (C=O) groups is 5. The van der Waals surface area contributed by atoms with E-state index < -0.39 is 97.6 Å². The number of fused-ring (bicyclic) bond motifs is 1. The Hall–Kier alpha value is -6.78. The molecule has 27 heteroatoms. The third kappa shape index (κ3) is 12.2. The van der Waals surface area contributed by atoms with Crippen molar-refractivity contribution < 1.29 is 68.9 Å². The van der Waals surface area contributed by atoms with Gasteiger partial charge in [-0.2, -0.15) is 25.9 Å². The second-order valence-electron chi connectivity index (χ2n) is 15.5. The summed E-state index contributed by atoms with van der Waals surface area (Å²) in [4.78, 5) is 86.8. The number of halogens is 8. The van der Waals surface area contributed by atoms with Crippen molar-refractivity contribution >= 4 is 86.0 Å². The Morgan fingerprint density at radius 3 is 2.07 bits per heavy atom. The second kappa shape index (κ2) is 22.1. The lowest BCUT2D eigenvalue weighted by atomic mass is 9.93. The fraction of sp³-hybridized carbons (Fsp3) is 0.295. The maximum atomic E-state index is 14.7. The Morgan fingerprint density at radius 1 is 0.915 bits per heavy atom. The van der Waals surface area contributed by atoms with E-state index in [-0.39, 0.29) is 51.4 Å². The standard InChI is InChI=1S/C19H15FN2O4.C17H17ClF4N4O5S.C8H6Cl2O3/c1-2-7-21-15-9-14(13(20)8-16(15)26-10-17(21)23)22-18(24)11-5-3-4-6-12(11)19(22)25;1-8(2)25(4)32(30,31)23-15(28)9-5-12(11(19)6-10(9)18)26-14(27)7-13(17(20,21)22)24(3)16(26)29;9-5-1-2-7(6(10)3-5)13-4-8(11)12/h1,8-9H,3-7,10H2;5-8H,1-4H3,(H,23,28);1-3H,4H2,(H,11,12). The minimum absolute atomic E-state index is 0.0170. The molecule has 3 aromatic carbocycles. The Bertz CT molecular complexity index is 3150. The molecule has 0 unspecified atom stereocenters. The van der Waals surface area contributed by atoms with Crippen LogP contribution in [-0.2, 0) is 42.6 Å². The number of hydrogen-bond acceptors (Lipinski definition) is 11. The highest BCUT2D eigenvalue weighted by molar-refractivity contribution is 7.87. The number of rotatable bonds is 10. The first-order valence-corrected chi connectivity index (χ1v) is 23.0. The lowest BCUT2D eigenvalue weighted by Crippen LogP contribution is -2.44. The summed E-state index contributed by atoms with van der Waals surface area (Å²) in [6.07, 6.45) is 2.98. The predicted octanol–water partition coefficient (Wildman–Crippen LogP) is 6.05. The van der Waals surface area contributed by atoms with Gasteiger partial charge in [-0.15, -0.1) is 6.42 Å². The van der Waals surface area contributed by atoms with E-state index in [1.807, 2.05) is 0 Å². The van der Waals surface area contributed by atoms with E-state index >= 15 is 0 Å². The van der Waals surface area contributed by atoms with Crippen LogP contribution in [0, 0.1) is 24.0 Å². The van der Waals surface area contributed by atoms with Crippen LogP contribution >= 0.6 is 34.8 Å². The minimum atomic E-state index is -5.04. The fourth-order valence-electron chi connectivity index (χ4n) is 6.86. The van der Waals surface area contributed by atoms with Gasteiger partial charge in [0, 0.05) is 48.4 Å². The van der Waals surface area contributed by atoms with Crippen LogP contribution in [0.15, 0.2) is 69.3 Å². The quantitative estimate of drug-likeness (QED) is 0.105. The number of terminal acetylenes is 1. The number of carbonyl (C=O) groups excluding carboxylic acids is 4. The van der Waals surface area contributed by atoms with Gasteiger partial charge in [0.05, 0.1) is 39.2 Å². The maximum absolute atomic E-state index is 14.7. The highest BCUT2D eigenvalue weighted by Gasteiger charge is 2.42. The number of hydrogen-bond donors (Lipinski definition) is 2. The monoisotopic (exact) mass is 1070 g/mol. The summed E-state index contributed by atoms with van der Waals surface area (Å²) in [5, 5.41) is 8.54. The number of aliphatic carboxylic acids is 1. The molecule has 3 aliphatic rings. The third-order valence-electron chi connectivity index (χ3n) is 10.6. The normalized spacial score (nSPS) is 14.5. The lowest BCUT2D eigenvalue weighted by Gasteiger charge is -2.29. The number of anilines is 2. The first kappa shape index (κ1) is 55.2. The average molecular weight is 1080 g/mol. The van der Waals surface area contributed by atoms with E-state index in [2.05, 4.69) is 5.92 Å². The van der Waals surface area contributed by atoms with Gasteiger partial charge in [0.2, 0.25) is 0 Å². The molecular formula is C44H38Cl3F5N6O12S. The summed E-state index contributed by atoms with van der Waals surface area (Å²) in [5.41, 5.74) is -5.19. The summed E-state index contributed by atoms with van der Waals surface area (Å²) in [6.45, 7) is 2.38. The van der Waals surface area contributed by atoms with Crippen molar-refractivity contribution in [2.45, 2.75) is 51.7 Å². The molecule has 7 rings (SSSR count). The van der Waals surface area contributed by atoms with E-state index in [4.69, 9.17) is 55.8 Å². The van der Waals surface area contributed by atoms with Crippen LogP contribution in [0.3, 0.4) is 0 Å². The fourth-order valence-corrected chi connectivity index (χ4v) is 8.60. The van der Waals surface area contributed by atoms with Crippen molar-refractivity contribution in [1.29, 1.82) is 0 Å². The summed E-state index contributed by atoms with van der Waals surface area (Å²) < 4.78 is 105. The van der Waals surface area contributed by atoms with Crippen LogP contribution < -0.4 is 35.2 Å². The SMILES string of the molecule is C#CCN1C(=O)COc2cc(F)c(N3C(=O)C4=C(CCCC4)C3=O)cc21.CC(C)N(C)S(=O)(=O)NC(=O)c1cc(-n2c(=O)cc(C(F)(F)F)n(C)c2=O)c(F)cc1Cl.O=C(O)COc1ccc(Cl)cc1Cl. The molecule has 0 saturated carbocycles. The molecule has 0 fully saturated rings. The number of amides is 4. The van der Waals surface area contributed by atoms with Crippen LogP contribution in [0.25, 0.3) is 5.69 Å². The van der Waals surface area contributed by atoms with Crippen molar-refractivity contribution in [3.8, 4) is 29.5 Å². The molecule has 0 atom stereocenters. The zero-order valence-corrected chi connectivity index (χ0v) is 40.4. The molecule has 3 heterocycles. The van der Waals surface area contributed by atoms with E-state index in [9.17, 15) is 63.9 Å². The van der Waals surface area contributed by atoms with Crippen molar-refractivity contribution in [2.75, 3.05) is 36.6 Å². The molecule has 0 saturated heterocycles. The Kier molecular flexibility index (Phi) is 17.2. The molecule has 71 heavy (non-hydrogen) atoms.